The topological polar surface area (TPSA) is 40.6 Å². The molecule has 1 aromatic carbocycles. The van der Waals surface area contributed by atoms with Gasteiger partial charge in [0.05, 0.1) is 0 Å². The second-order valence-electron chi connectivity index (χ2n) is 7.00. The number of carbonyl (C=O) groups excluding carboxylic acids is 2. The number of carbonyl (C=O) groups is 2. The van der Waals surface area contributed by atoms with Crippen LogP contribution < -0.4 is 0 Å². The van der Waals surface area contributed by atoms with Crippen LogP contribution in [0.3, 0.4) is 0 Å². The second-order valence-corrected chi connectivity index (χ2v) is 7.00. The number of rotatable bonds is 4. The molecule has 0 unspecified atom stereocenters. The minimum absolute atomic E-state index is 0.119. The molecule has 0 spiro atoms. The molecule has 2 aliphatic rings. The summed E-state index contributed by atoms with van der Waals surface area (Å²) in [5.41, 5.74) is 1.85. The van der Waals surface area contributed by atoms with Crippen LogP contribution in [-0.2, 0) is 16.0 Å². The van der Waals surface area contributed by atoms with Crippen LogP contribution in [0.1, 0.15) is 43.7 Å². The molecule has 2 fully saturated rings. The monoisotopic (exact) mass is 314 g/mol. The molecule has 0 radical (unpaired) electrons. The third-order valence-electron chi connectivity index (χ3n) is 5.44. The van der Waals surface area contributed by atoms with E-state index in [1.807, 2.05) is 28.9 Å². The van der Waals surface area contributed by atoms with Crippen molar-refractivity contribution < 1.29 is 9.59 Å². The number of hydrogen-bond donors (Lipinski definition) is 0. The lowest BCUT2D eigenvalue weighted by Gasteiger charge is -2.37. The first kappa shape index (κ1) is 16.0. The van der Waals surface area contributed by atoms with Gasteiger partial charge in [-0.2, -0.15) is 0 Å². The summed E-state index contributed by atoms with van der Waals surface area (Å²) < 4.78 is 0. The molecule has 2 heterocycles. The van der Waals surface area contributed by atoms with E-state index < -0.39 is 5.54 Å². The van der Waals surface area contributed by atoms with Crippen LogP contribution in [0.15, 0.2) is 24.3 Å². The number of hydrogen-bond acceptors (Lipinski definition) is 2. The van der Waals surface area contributed by atoms with E-state index >= 15 is 0 Å². The minimum atomic E-state index is -0.649. The molecule has 0 N–H and O–H groups in total. The van der Waals surface area contributed by atoms with Crippen LogP contribution in [0.25, 0.3) is 0 Å². The lowest BCUT2D eigenvalue weighted by Crippen LogP contribution is -2.55. The predicted molar refractivity (Wildman–Crippen MR) is 90.0 cm³/mol. The van der Waals surface area contributed by atoms with Gasteiger partial charge >= 0.3 is 0 Å². The van der Waals surface area contributed by atoms with Crippen molar-refractivity contribution in [2.24, 2.45) is 0 Å². The molecule has 2 saturated heterocycles. The van der Waals surface area contributed by atoms with Crippen LogP contribution in [0, 0.1) is 6.92 Å². The summed E-state index contributed by atoms with van der Waals surface area (Å²) in [4.78, 5) is 29.1. The van der Waals surface area contributed by atoms with Gasteiger partial charge < -0.3 is 9.80 Å². The first-order chi connectivity index (χ1) is 11.0. The molecule has 2 amide bonds. The van der Waals surface area contributed by atoms with Crippen molar-refractivity contribution in [3.05, 3.63) is 35.4 Å². The van der Waals surface area contributed by atoms with E-state index in [4.69, 9.17) is 0 Å². The van der Waals surface area contributed by atoms with Crippen molar-refractivity contribution in [2.75, 3.05) is 19.6 Å². The Balaban J connectivity index is 1.74. The van der Waals surface area contributed by atoms with E-state index in [0.717, 1.165) is 32.4 Å². The quantitative estimate of drug-likeness (QED) is 0.857. The maximum Gasteiger partial charge on any atom is 0.248 e. The maximum absolute atomic E-state index is 12.9. The average molecular weight is 314 g/mol. The zero-order valence-corrected chi connectivity index (χ0v) is 14.2. The highest BCUT2D eigenvalue weighted by atomic mass is 16.2. The number of amides is 2. The van der Waals surface area contributed by atoms with Gasteiger partial charge in [-0.25, -0.2) is 0 Å². The van der Waals surface area contributed by atoms with E-state index in [1.54, 1.807) is 0 Å². The zero-order valence-electron chi connectivity index (χ0n) is 14.2. The van der Waals surface area contributed by atoms with Crippen molar-refractivity contribution >= 4 is 11.8 Å². The van der Waals surface area contributed by atoms with Gasteiger partial charge in [0.25, 0.3) is 0 Å². The molecule has 2 aliphatic heterocycles. The van der Waals surface area contributed by atoms with Crippen LogP contribution in [0.2, 0.25) is 0 Å². The third-order valence-corrected chi connectivity index (χ3v) is 5.44. The Morgan fingerprint density at radius 2 is 1.91 bits per heavy atom. The van der Waals surface area contributed by atoms with Crippen molar-refractivity contribution in [2.45, 2.75) is 51.5 Å². The van der Waals surface area contributed by atoms with Crippen LogP contribution in [-0.4, -0.2) is 46.8 Å². The van der Waals surface area contributed by atoms with E-state index in [0.29, 0.717) is 19.4 Å². The van der Waals surface area contributed by atoms with Gasteiger partial charge in [0.1, 0.15) is 5.54 Å². The summed E-state index contributed by atoms with van der Waals surface area (Å²) in [6, 6.07) is 8.26. The predicted octanol–water partition coefficient (Wildman–Crippen LogP) is 2.54. The smallest absolute Gasteiger partial charge is 0.248 e. The molecule has 124 valence electrons. The Kier molecular flexibility index (Phi) is 4.42. The van der Waals surface area contributed by atoms with Crippen LogP contribution >= 0.6 is 0 Å². The first-order valence-corrected chi connectivity index (χ1v) is 8.67. The van der Waals surface area contributed by atoms with Gasteiger partial charge in [-0.3, -0.25) is 9.59 Å². The molecule has 4 heteroatoms. The largest absolute Gasteiger partial charge is 0.341 e. The maximum atomic E-state index is 12.9. The molecule has 1 aromatic rings. The number of nitrogens with zero attached hydrogens (tertiary/aromatic N) is 2. The van der Waals surface area contributed by atoms with E-state index in [-0.39, 0.29) is 11.8 Å². The summed E-state index contributed by atoms with van der Waals surface area (Å²) in [5.74, 6) is 0.263. The van der Waals surface area contributed by atoms with Crippen molar-refractivity contribution in [3.8, 4) is 0 Å². The fraction of sp³-hybridized carbons (Fsp3) is 0.579. The minimum Gasteiger partial charge on any atom is -0.341 e. The summed E-state index contributed by atoms with van der Waals surface area (Å²) in [7, 11) is 0. The van der Waals surface area contributed by atoms with E-state index in [2.05, 4.69) is 19.1 Å². The SMILES string of the molecule is Cc1ccccc1CCN1C(=O)CC[C@@]1(C)C(=O)N1CCCC1. The Morgan fingerprint density at radius 3 is 2.61 bits per heavy atom. The average Bonchev–Trinajstić information content (AvgIpc) is 3.16. The highest BCUT2D eigenvalue weighted by molar-refractivity contribution is 5.94. The number of likely N-dealkylation sites (tertiary alicyclic amines) is 2. The summed E-state index contributed by atoms with van der Waals surface area (Å²) in [6.07, 6.45) is 4.11. The van der Waals surface area contributed by atoms with Crippen LogP contribution in [0.4, 0.5) is 0 Å². The van der Waals surface area contributed by atoms with E-state index in [1.165, 1.54) is 11.1 Å². The van der Waals surface area contributed by atoms with Gasteiger partial charge in [0.2, 0.25) is 11.8 Å². The van der Waals surface area contributed by atoms with Gasteiger partial charge in [-0.1, -0.05) is 24.3 Å². The van der Waals surface area contributed by atoms with Gasteiger partial charge in [0, 0.05) is 26.1 Å². The third kappa shape index (κ3) is 2.99. The molecule has 0 saturated carbocycles. The van der Waals surface area contributed by atoms with Gasteiger partial charge in [-0.15, -0.1) is 0 Å². The highest BCUT2D eigenvalue weighted by Crippen LogP contribution is 2.33. The zero-order chi connectivity index (χ0) is 16.4. The summed E-state index contributed by atoms with van der Waals surface area (Å²) in [5, 5.41) is 0. The second kappa shape index (κ2) is 6.34. The van der Waals surface area contributed by atoms with Crippen molar-refractivity contribution in [3.63, 3.8) is 0 Å². The Labute approximate surface area is 138 Å². The highest BCUT2D eigenvalue weighted by Gasteiger charge is 2.48. The Hall–Kier alpha value is -1.84. The molecule has 0 bridgehead atoms. The molecule has 3 rings (SSSR count). The molecular formula is C19H26N2O2. The molecule has 0 aliphatic carbocycles. The standard InChI is InChI=1S/C19H26N2O2/c1-15-7-3-4-8-16(15)10-14-21-17(22)9-11-19(21,2)18(23)20-12-5-6-13-20/h3-4,7-8H,5-6,9-14H2,1-2H3/t19-/m0/s1. The molecule has 1 atom stereocenters. The number of aryl methyl sites for hydroxylation is 1. The molecule has 23 heavy (non-hydrogen) atoms. The van der Waals surface area contributed by atoms with E-state index in [9.17, 15) is 9.59 Å². The normalized spacial score (nSPS) is 24.5. The van der Waals surface area contributed by atoms with Crippen molar-refractivity contribution in [1.82, 2.24) is 9.80 Å². The summed E-state index contributed by atoms with van der Waals surface area (Å²) >= 11 is 0. The summed E-state index contributed by atoms with van der Waals surface area (Å²) in [6.45, 7) is 6.36. The molecule has 4 nitrogen and oxygen atoms in total. The van der Waals surface area contributed by atoms with Crippen LogP contribution in [0.5, 0.6) is 0 Å². The first-order valence-electron chi connectivity index (χ1n) is 8.67. The Morgan fingerprint density at radius 1 is 1.22 bits per heavy atom. The lowest BCUT2D eigenvalue weighted by molar-refractivity contribution is -0.146. The number of benzene rings is 1. The Bertz CT molecular complexity index is 607. The fourth-order valence-corrected chi connectivity index (χ4v) is 3.87. The van der Waals surface area contributed by atoms with Gasteiger partial charge in [-0.05, 0) is 50.7 Å². The van der Waals surface area contributed by atoms with Crippen molar-refractivity contribution in [1.29, 1.82) is 0 Å². The lowest BCUT2D eigenvalue weighted by atomic mass is 9.96. The van der Waals surface area contributed by atoms with Gasteiger partial charge in [0.15, 0.2) is 0 Å². The molecular weight excluding hydrogens is 288 g/mol. The fourth-order valence-electron chi connectivity index (χ4n) is 3.87. The molecule has 0 aromatic heterocycles.